The molecule has 0 aliphatic heterocycles. The Labute approximate surface area is 207 Å². The van der Waals surface area contributed by atoms with Crippen molar-refractivity contribution in [2.45, 2.75) is 49.9 Å². The number of aromatic nitrogens is 1. The molecule has 0 aliphatic rings. The van der Waals surface area contributed by atoms with Gasteiger partial charge in [0.05, 0.1) is 19.3 Å². The zero-order chi connectivity index (χ0) is 26.7. The van der Waals surface area contributed by atoms with Crippen molar-refractivity contribution < 1.29 is 34.5 Å². The normalized spacial score (nSPS) is 14.4. The van der Waals surface area contributed by atoms with Crippen molar-refractivity contribution in [1.29, 1.82) is 0 Å². The Bertz CT molecular complexity index is 1040. The summed E-state index contributed by atoms with van der Waals surface area (Å²) >= 11 is 0. The highest BCUT2D eigenvalue weighted by atomic mass is 16.4. The summed E-state index contributed by atoms with van der Waals surface area (Å²) in [6.07, 6.45) is 3.21. The predicted molar refractivity (Wildman–Crippen MR) is 130 cm³/mol. The lowest BCUT2D eigenvalue weighted by molar-refractivity contribution is -0.142. The van der Waals surface area contributed by atoms with Gasteiger partial charge in [0.15, 0.2) is 0 Å². The van der Waals surface area contributed by atoms with Gasteiger partial charge >= 0.3 is 5.97 Å². The summed E-state index contributed by atoms with van der Waals surface area (Å²) in [7, 11) is 0. The van der Waals surface area contributed by atoms with E-state index in [1.54, 1.807) is 12.3 Å². The van der Waals surface area contributed by atoms with Crippen LogP contribution in [0.1, 0.15) is 24.8 Å². The molecule has 1 aromatic heterocycles. The minimum absolute atomic E-state index is 0.0471. The van der Waals surface area contributed by atoms with Crippen LogP contribution in [0.4, 0.5) is 0 Å². The number of aliphatic carboxylic acids is 1. The summed E-state index contributed by atoms with van der Waals surface area (Å²) in [4.78, 5) is 52.2. The molecule has 0 radical (unpaired) electrons. The highest BCUT2D eigenvalue weighted by molar-refractivity contribution is 5.94. The molecule has 0 aliphatic carbocycles. The Morgan fingerprint density at radius 1 is 0.889 bits per heavy atom. The van der Waals surface area contributed by atoms with Crippen molar-refractivity contribution in [1.82, 2.24) is 20.9 Å². The molecule has 4 unspecified atom stereocenters. The Kier molecular flexibility index (Phi) is 11.3. The van der Waals surface area contributed by atoms with E-state index in [4.69, 9.17) is 11.5 Å². The molecule has 0 spiro atoms. The number of hydrogen-bond acceptors (Lipinski definition) is 8. The quantitative estimate of drug-likeness (QED) is 0.118. The van der Waals surface area contributed by atoms with Crippen LogP contribution in [-0.2, 0) is 25.6 Å². The second-order valence-corrected chi connectivity index (χ2v) is 8.34. The molecular formula is C23H34N6O7. The average Bonchev–Trinajstić information content (AvgIpc) is 3.27. The Balaban J connectivity index is 1.99. The van der Waals surface area contributed by atoms with Gasteiger partial charge in [-0.25, -0.2) is 4.79 Å². The fourth-order valence-corrected chi connectivity index (χ4v) is 3.57. The third-order valence-corrected chi connectivity index (χ3v) is 5.65. The minimum Gasteiger partial charge on any atom is -0.480 e. The van der Waals surface area contributed by atoms with E-state index in [0.717, 1.165) is 10.9 Å². The molecule has 13 heteroatoms. The van der Waals surface area contributed by atoms with Crippen LogP contribution >= 0.6 is 0 Å². The van der Waals surface area contributed by atoms with Crippen molar-refractivity contribution in [2.75, 3.05) is 19.8 Å². The van der Waals surface area contributed by atoms with Crippen LogP contribution in [0, 0.1) is 0 Å². The number of carbonyl (C=O) groups excluding carboxylic acids is 3. The number of rotatable bonds is 15. The molecule has 0 fully saturated rings. The van der Waals surface area contributed by atoms with E-state index in [1.165, 1.54) is 0 Å². The van der Waals surface area contributed by atoms with E-state index in [9.17, 15) is 34.5 Å². The van der Waals surface area contributed by atoms with Gasteiger partial charge in [-0.15, -0.1) is 0 Å². The summed E-state index contributed by atoms with van der Waals surface area (Å²) in [6, 6.07) is 2.05. The number of aliphatic hydroxyl groups is 2. The number of aliphatic hydroxyl groups excluding tert-OH is 2. The van der Waals surface area contributed by atoms with Gasteiger partial charge in [-0.2, -0.15) is 0 Å². The molecule has 2 rings (SSSR count). The maximum atomic E-state index is 12.7. The van der Waals surface area contributed by atoms with Gasteiger partial charge in [-0.3, -0.25) is 14.4 Å². The fourth-order valence-electron chi connectivity index (χ4n) is 3.57. The summed E-state index contributed by atoms with van der Waals surface area (Å²) < 4.78 is 0. The highest BCUT2D eigenvalue weighted by Gasteiger charge is 2.30. The number of unbranched alkanes of at least 4 members (excludes halogenated alkanes) is 1. The SMILES string of the molecule is NCCCCC(N)C(=O)NC(CO)C(=O)NC(CO)C(=O)NC(Cc1c[nH]c2ccccc12)C(=O)O. The summed E-state index contributed by atoms with van der Waals surface area (Å²) in [5.41, 5.74) is 12.7. The van der Waals surface area contributed by atoms with Crippen molar-refractivity contribution in [3.8, 4) is 0 Å². The largest absolute Gasteiger partial charge is 0.480 e. The molecule has 4 atom stereocenters. The number of carboxylic acid groups (broad SMARTS) is 1. The van der Waals surface area contributed by atoms with Crippen LogP contribution in [0.2, 0.25) is 0 Å². The number of benzene rings is 1. The standard InChI is InChI=1S/C23H34N6O7/c24-8-4-3-6-15(25)20(32)28-18(11-30)22(34)29-19(12-31)21(33)27-17(23(35)36)9-13-10-26-16-7-2-1-5-14(13)16/h1-2,5,7,10,15,17-19,26,30-31H,3-4,6,8-9,11-12,24-25H2,(H,27,33)(H,28,32)(H,29,34)(H,35,36). The zero-order valence-corrected chi connectivity index (χ0v) is 19.8. The number of aromatic amines is 1. The molecule has 36 heavy (non-hydrogen) atoms. The van der Waals surface area contributed by atoms with Gasteiger partial charge in [0, 0.05) is 23.5 Å². The van der Waals surface area contributed by atoms with Crippen molar-refractivity contribution in [2.24, 2.45) is 11.5 Å². The monoisotopic (exact) mass is 506 g/mol. The van der Waals surface area contributed by atoms with Crippen molar-refractivity contribution >= 4 is 34.6 Å². The van der Waals surface area contributed by atoms with E-state index in [1.807, 2.05) is 18.2 Å². The van der Waals surface area contributed by atoms with Crippen LogP contribution in [0.5, 0.6) is 0 Å². The van der Waals surface area contributed by atoms with Gasteiger partial charge < -0.3 is 47.7 Å². The predicted octanol–water partition coefficient (Wildman–Crippen LogP) is -2.31. The van der Waals surface area contributed by atoms with Gasteiger partial charge in [-0.05, 0) is 31.0 Å². The second kappa shape index (κ2) is 14.1. The molecule has 0 saturated heterocycles. The summed E-state index contributed by atoms with van der Waals surface area (Å²) in [5, 5.41) is 36.4. The van der Waals surface area contributed by atoms with E-state index in [2.05, 4.69) is 20.9 Å². The highest BCUT2D eigenvalue weighted by Crippen LogP contribution is 2.19. The molecule has 3 amide bonds. The molecule has 0 bridgehead atoms. The Morgan fingerprint density at radius 3 is 2.06 bits per heavy atom. The number of nitrogens with one attached hydrogen (secondary N) is 4. The number of hydrogen-bond donors (Lipinski definition) is 9. The molecule has 1 aromatic carbocycles. The smallest absolute Gasteiger partial charge is 0.326 e. The molecule has 198 valence electrons. The molecule has 2 aromatic rings. The number of nitrogens with two attached hydrogens (primary N) is 2. The first kappa shape index (κ1) is 28.7. The summed E-state index contributed by atoms with van der Waals surface area (Å²) in [5.74, 6) is -3.87. The lowest BCUT2D eigenvalue weighted by Gasteiger charge is -2.23. The van der Waals surface area contributed by atoms with Gasteiger partial charge in [0.2, 0.25) is 17.7 Å². The zero-order valence-electron chi connectivity index (χ0n) is 19.8. The van der Waals surface area contributed by atoms with Crippen LogP contribution in [-0.4, -0.2) is 87.9 Å². The lowest BCUT2D eigenvalue weighted by atomic mass is 10.0. The van der Waals surface area contributed by atoms with Crippen LogP contribution in [0.25, 0.3) is 10.9 Å². The number of para-hydroxylation sites is 1. The first-order chi connectivity index (χ1) is 17.2. The maximum Gasteiger partial charge on any atom is 0.326 e. The fraction of sp³-hybridized carbons (Fsp3) is 0.478. The lowest BCUT2D eigenvalue weighted by Crippen LogP contribution is -2.59. The maximum absolute atomic E-state index is 12.7. The minimum atomic E-state index is -1.52. The van der Waals surface area contributed by atoms with E-state index < -0.39 is 61.1 Å². The topological polar surface area (TPSA) is 233 Å². The first-order valence-corrected chi connectivity index (χ1v) is 11.6. The second-order valence-electron chi connectivity index (χ2n) is 8.34. The Morgan fingerprint density at radius 2 is 1.47 bits per heavy atom. The Hall–Kier alpha value is -3.52. The third-order valence-electron chi connectivity index (χ3n) is 5.65. The van der Waals surface area contributed by atoms with Gasteiger partial charge in [0.25, 0.3) is 0 Å². The molecule has 1 heterocycles. The van der Waals surface area contributed by atoms with Crippen LogP contribution in [0.15, 0.2) is 30.5 Å². The van der Waals surface area contributed by atoms with Crippen LogP contribution in [0.3, 0.4) is 0 Å². The molecule has 0 saturated carbocycles. The summed E-state index contributed by atoms with van der Waals surface area (Å²) in [6.45, 7) is -1.18. The van der Waals surface area contributed by atoms with E-state index >= 15 is 0 Å². The average molecular weight is 507 g/mol. The van der Waals surface area contributed by atoms with Crippen molar-refractivity contribution in [3.05, 3.63) is 36.0 Å². The molecule has 13 nitrogen and oxygen atoms in total. The van der Waals surface area contributed by atoms with Gasteiger partial charge in [0.1, 0.15) is 18.1 Å². The van der Waals surface area contributed by atoms with Crippen LogP contribution < -0.4 is 27.4 Å². The first-order valence-electron chi connectivity index (χ1n) is 11.6. The number of H-pyrrole nitrogens is 1. The van der Waals surface area contributed by atoms with Crippen molar-refractivity contribution in [3.63, 3.8) is 0 Å². The number of amides is 3. The molecule has 11 N–H and O–H groups in total. The molecular weight excluding hydrogens is 472 g/mol. The van der Waals surface area contributed by atoms with E-state index in [0.29, 0.717) is 31.4 Å². The number of carboxylic acids is 1. The number of fused-ring (bicyclic) bond motifs is 1. The third kappa shape index (κ3) is 8.02. The van der Waals surface area contributed by atoms with E-state index in [-0.39, 0.29) is 6.42 Å². The van der Waals surface area contributed by atoms with Gasteiger partial charge in [-0.1, -0.05) is 24.6 Å². The number of carbonyl (C=O) groups is 4.